The van der Waals surface area contributed by atoms with E-state index in [0.717, 1.165) is 34.2 Å². The molecule has 0 aromatic heterocycles. The molecule has 0 radical (unpaired) electrons. The van der Waals surface area contributed by atoms with Crippen molar-refractivity contribution < 1.29 is 48.0 Å². The molecule has 6 aromatic rings. The molecule has 0 bridgehead atoms. The van der Waals surface area contributed by atoms with Crippen LogP contribution in [0.15, 0.2) is 194 Å². The molecule has 2 saturated carbocycles. The lowest BCUT2D eigenvalue weighted by Gasteiger charge is -2.20. The number of aryl methyl sites for hydroxylation is 2. The minimum absolute atomic E-state index is 0.00845. The molecule has 10 rings (SSSR count). The van der Waals surface area contributed by atoms with Crippen LogP contribution >= 0.6 is 0 Å². The van der Waals surface area contributed by atoms with Crippen molar-refractivity contribution in [3.8, 4) is 22.3 Å². The van der Waals surface area contributed by atoms with E-state index in [0.29, 0.717) is 49.7 Å². The molecule has 2 aliphatic carbocycles. The maximum atomic E-state index is 13.0. The van der Waals surface area contributed by atoms with Gasteiger partial charge in [0.1, 0.15) is 24.4 Å². The van der Waals surface area contributed by atoms with E-state index < -0.39 is 30.3 Å². The fraction of sp³-hybridized carbons (Fsp3) is 0.274. The first-order chi connectivity index (χ1) is 35.1. The van der Waals surface area contributed by atoms with E-state index in [2.05, 4.69) is 0 Å². The van der Waals surface area contributed by atoms with Crippen LogP contribution < -0.4 is 0 Å². The number of allylic oxidation sites excluding steroid dienone is 1. The fourth-order valence-corrected chi connectivity index (χ4v) is 10.4. The van der Waals surface area contributed by atoms with Crippen molar-refractivity contribution >= 4 is 29.7 Å². The maximum absolute atomic E-state index is 13.0. The molecule has 6 aromatic carbocycles. The lowest BCUT2D eigenvalue weighted by molar-refractivity contribution is -0.143. The van der Waals surface area contributed by atoms with Crippen LogP contribution in [-0.4, -0.2) is 65.3 Å². The van der Waals surface area contributed by atoms with Gasteiger partial charge in [0.2, 0.25) is 0 Å². The van der Waals surface area contributed by atoms with Crippen LogP contribution in [0.25, 0.3) is 22.3 Å². The van der Waals surface area contributed by atoms with Gasteiger partial charge < -0.3 is 24.1 Å². The Labute approximate surface area is 420 Å². The van der Waals surface area contributed by atoms with Gasteiger partial charge in [-0.15, -0.1) is 0 Å². The lowest BCUT2D eigenvalue weighted by atomic mass is 9.91. The third-order valence-corrected chi connectivity index (χ3v) is 14.2. The summed E-state index contributed by atoms with van der Waals surface area (Å²) in [5.41, 5.74) is 7.43. The number of aliphatic hydroxyl groups is 1. The maximum Gasteiger partial charge on any atom is 0.338 e. The van der Waals surface area contributed by atoms with Gasteiger partial charge in [-0.05, 0) is 83.0 Å². The van der Waals surface area contributed by atoms with Crippen LogP contribution in [0.1, 0.15) is 70.4 Å². The van der Waals surface area contributed by atoms with Gasteiger partial charge in [-0.1, -0.05) is 164 Å². The number of fused-ring (bicyclic) bond motifs is 2. The van der Waals surface area contributed by atoms with E-state index in [4.69, 9.17) is 18.9 Å². The van der Waals surface area contributed by atoms with Crippen molar-refractivity contribution in [2.45, 2.75) is 81.9 Å². The largest absolute Gasteiger partial charge is 0.462 e. The van der Waals surface area contributed by atoms with Crippen molar-refractivity contribution in [1.82, 2.24) is 0 Å². The smallest absolute Gasteiger partial charge is 0.338 e. The molecule has 10 heteroatoms. The first kappa shape index (κ1) is 49.3. The third kappa shape index (κ3) is 12.6. The highest BCUT2D eigenvalue weighted by molar-refractivity contribution is 5.91. The van der Waals surface area contributed by atoms with Crippen LogP contribution in [0.3, 0.4) is 0 Å². The molecule has 2 heterocycles. The Balaban J connectivity index is 0.000000178. The molecule has 1 unspecified atom stereocenters. The zero-order chi connectivity index (χ0) is 49.8. The Morgan fingerprint density at radius 2 is 0.931 bits per heavy atom. The van der Waals surface area contributed by atoms with Crippen molar-refractivity contribution in [3.05, 3.63) is 216 Å². The summed E-state index contributed by atoms with van der Waals surface area (Å²) in [5, 5.41) is 10.5. The number of carbonyl (C=O) groups is 5. The predicted molar refractivity (Wildman–Crippen MR) is 273 cm³/mol. The Bertz CT molecular complexity index is 2840. The van der Waals surface area contributed by atoms with Crippen LogP contribution in [0.4, 0.5) is 0 Å². The third-order valence-electron chi connectivity index (χ3n) is 14.2. The predicted octanol–water partition coefficient (Wildman–Crippen LogP) is 11.0. The highest BCUT2D eigenvalue weighted by atomic mass is 16.6. The normalized spacial score (nSPS) is 23.3. The Hall–Kier alpha value is -7.69. The summed E-state index contributed by atoms with van der Waals surface area (Å²) in [5.74, 6) is -1.81. The van der Waals surface area contributed by atoms with Gasteiger partial charge in [0.25, 0.3) is 0 Å². The van der Waals surface area contributed by atoms with Crippen molar-refractivity contribution in [1.29, 1.82) is 0 Å². The summed E-state index contributed by atoms with van der Waals surface area (Å²) in [6, 6.07) is 54.5. The molecule has 2 aliphatic heterocycles. The SMILES string of the molecule is O=C(/C=C/[C@@H]1[C@H]2CC(=O)O[C@H]2C[C@H]1OC(=O)c1ccc(-c2ccccc2)cc1)CCc1ccccc1.O=C1C[C@@H]2[C@@H](/C=C/C(O)CCc3ccccc3)[C@H](OC(=O)c3ccc(-c4ccccc4)cc3)C[C@@H]2O1. The van der Waals surface area contributed by atoms with E-state index in [9.17, 15) is 29.1 Å². The van der Waals surface area contributed by atoms with Gasteiger partial charge in [0, 0.05) is 42.9 Å². The van der Waals surface area contributed by atoms with Crippen LogP contribution in [0.2, 0.25) is 0 Å². The van der Waals surface area contributed by atoms with Gasteiger partial charge in [-0.2, -0.15) is 0 Å². The molecule has 366 valence electrons. The second-order valence-corrected chi connectivity index (χ2v) is 19.0. The molecule has 2 saturated heterocycles. The summed E-state index contributed by atoms with van der Waals surface area (Å²) in [6.07, 6.45) is 8.97. The van der Waals surface area contributed by atoms with E-state index in [1.54, 1.807) is 36.4 Å². The summed E-state index contributed by atoms with van der Waals surface area (Å²) < 4.78 is 22.8. The number of ketones is 1. The van der Waals surface area contributed by atoms with Gasteiger partial charge in [-0.3, -0.25) is 14.4 Å². The molecular weight excluding hydrogens is 905 g/mol. The molecule has 4 fully saturated rings. The second-order valence-electron chi connectivity index (χ2n) is 19.0. The first-order valence-electron chi connectivity index (χ1n) is 24.9. The highest BCUT2D eigenvalue weighted by Crippen LogP contribution is 2.45. The van der Waals surface area contributed by atoms with Crippen molar-refractivity contribution in [2.24, 2.45) is 23.7 Å². The van der Waals surface area contributed by atoms with Gasteiger partial charge in [0.05, 0.1) is 30.1 Å². The number of carbonyl (C=O) groups excluding carboxylic acids is 5. The number of hydrogen-bond acceptors (Lipinski definition) is 10. The average molecular weight is 963 g/mol. The summed E-state index contributed by atoms with van der Waals surface area (Å²) in [4.78, 5) is 62.2. The number of benzene rings is 6. The number of hydrogen-bond donors (Lipinski definition) is 1. The van der Waals surface area contributed by atoms with Gasteiger partial charge in [0.15, 0.2) is 5.78 Å². The molecule has 4 aliphatic rings. The molecule has 1 N–H and O–H groups in total. The topological polar surface area (TPSA) is 142 Å². The Morgan fingerprint density at radius 3 is 1.39 bits per heavy atom. The molecular formula is C62H58O10. The Morgan fingerprint density at radius 1 is 0.528 bits per heavy atom. The van der Waals surface area contributed by atoms with Crippen LogP contribution in [-0.2, 0) is 46.2 Å². The van der Waals surface area contributed by atoms with Crippen LogP contribution in [0, 0.1) is 23.7 Å². The quantitative estimate of drug-likeness (QED) is 0.0431. The summed E-state index contributed by atoms with van der Waals surface area (Å²) in [6.45, 7) is 0. The monoisotopic (exact) mass is 962 g/mol. The second kappa shape index (κ2) is 23.5. The van der Waals surface area contributed by atoms with Gasteiger partial charge >= 0.3 is 23.9 Å². The minimum atomic E-state index is -0.621. The van der Waals surface area contributed by atoms with E-state index in [1.165, 1.54) is 5.56 Å². The van der Waals surface area contributed by atoms with Gasteiger partial charge in [-0.25, -0.2) is 9.59 Å². The van der Waals surface area contributed by atoms with Crippen LogP contribution in [0.5, 0.6) is 0 Å². The molecule has 9 atom stereocenters. The van der Waals surface area contributed by atoms with E-state index in [-0.39, 0.29) is 60.0 Å². The molecule has 72 heavy (non-hydrogen) atoms. The standard InChI is InChI=1S/C31H30O5.C31H28O5/c2*32-25(16-11-21-7-3-1-4-8-21)17-18-26-27-19-30(33)35-29(27)20-28(26)36-31(34)24-14-12-23(13-15-24)22-9-5-2-6-10-22/h1-10,12-15,17-18,25-29,32H,11,16,19-20H2;1-10,12-15,17-18,26-29H,11,16,19-20H2/b2*18-17+/t25?,26-,27-,28-,29+;26-,27-,28-,29+/m11/s1. The fourth-order valence-electron chi connectivity index (χ4n) is 10.4. The number of rotatable bonds is 16. The summed E-state index contributed by atoms with van der Waals surface area (Å²) in [7, 11) is 0. The van der Waals surface area contributed by atoms with E-state index in [1.807, 2.05) is 158 Å². The molecule has 0 spiro atoms. The highest BCUT2D eigenvalue weighted by Gasteiger charge is 2.52. The van der Waals surface area contributed by atoms with Crippen molar-refractivity contribution in [2.75, 3.05) is 0 Å². The lowest BCUT2D eigenvalue weighted by Crippen LogP contribution is -2.25. The summed E-state index contributed by atoms with van der Waals surface area (Å²) >= 11 is 0. The first-order valence-corrected chi connectivity index (χ1v) is 24.9. The zero-order valence-electron chi connectivity index (χ0n) is 39.9. The molecule has 0 amide bonds. The molecule has 10 nitrogen and oxygen atoms in total. The number of aliphatic hydroxyl groups excluding tert-OH is 1. The zero-order valence-corrected chi connectivity index (χ0v) is 39.9. The van der Waals surface area contributed by atoms with E-state index >= 15 is 0 Å². The Kier molecular flexibility index (Phi) is 16.1. The number of esters is 4. The minimum Gasteiger partial charge on any atom is -0.462 e. The average Bonchev–Trinajstić information content (AvgIpc) is 4.15. The number of ether oxygens (including phenoxy) is 4. The van der Waals surface area contributed by atoms with Crippen molar-refractivity contribution in [3.63, 3.8) is 0 Å².